The number of benzene rings is 1. The molecular formula is C9H8N2O2. The lowest BCUT2D eigenvalue weighted by molar-refractivity contribution is 0.0969. The molecule has 0 radical (unpaired) electrons. The third-order valence-electron chi connectivity index (χ3n) is 1.83. The van der Waals surface area contributed by atoms with Crippen molar-refractivity contribution in [2.45, 2.75) is 6.92 Å². The lowest BCUT2D eigenvalue weighted by Gasteiger charge is -1.88. The summed E-state index contributed by atoms with van der Waals surface area (Å²) in [5.41, 5.74) is 7.28. The fourth-order valence-electron chi connectivity index (χ4n) is 1.19. The lowest BCUT2D eigenvalue weighted by Crippen LogP contribution is -2.10. The number of fused-ring (bicyclic) bond motifs is 1. The van der Waals surface area contributed by atoms with Crippen LogP contribution in [-0.4, -0.2) is 10.9 Å². The van der Waals surface area contributed by atoms with Crippen molar-refractivity contribution in [1.82, 2.24) is 4.98 Å². The maximum atomic E-state index is 10.7. The molecular weight excluding hydrogens is 168 g/mol. The molecule has 66 valence electrons. The average Bonchev–Trinajstić information content (AvgIpc) is 2.49. The fraction of sp³-hybridized carbons (Fsp3) is 0.111. The van der Waals surface area contributed by atoms with E-state index in [1.54, 1.807) is 6.07 Å². The minimum absolute atomic E-state index is 0.0377. The summed E-state index contributed by atoms with van der Waals surface area (Å²) in [4.78, 5) is 14.7. The minimum Gasteiger partial charge on any atom is -0.432 e. The van der Waals surface area contributed by atoms with Crippen LogP contribution in [0.15, 0.2) is 22.6 Å². The van der Waals surface area contributed by atoms with Gasteiger partial charge >= 0.3 is 5.91 Å². The molecule has 1 heterocycles. The van der Waals surface area contributed by atoms with Gasteiger partial charge in [-0.2, -0.15) is 0 Å². The quantitative estimate of drug-likeness (QED) is 0.710. The molecule has 2 rings (SSSR count). The van der Waals surface area contributed by atoms with E-state index in [0.717, 1.165) is 5.56 Å². The van der Waals surface area contributed by atoms with Crippen LogP contribution in [-0.2, 0) is 0 Å². The van der Waals surface area contributed by atoms with E-state index < -0.39 is 5.91 Å². The van der Waals surface area contributed by atoms with Gasteiger partial charge in [-0.15, -0.1) is 0 Å². The molecule has 4 nitrogen and oxygen atoms in total. The monoisotopic (exact) mass is 176 g/mol. The molecule has 1 aromatic heterocycles. The van der Waals surface area contributed by atoms with E-state index in [-0.39, 0.29) is 5.89 Å². The summed E-state index contributed by atoms with van der Waals surface area (Å²) in [5, 5.41) is 0. The standard InChI is InChI=1S/C9H8N2O2/c1-5-3-2-4-6-7(5)11-9(13-6)8(10)12/h2-4H,1H3,(H2,10,12). The van der Waals surface area contributed by atoms with Crippen molar-refractivity contribution in [2.75, 3.05) is 0 Å². The Morgan fingerprint density at radius 1 is 1.54 bits per heavy atom. The van der Waals surface area contributed by atoms with E-state index in [1.165, 1.54) is 0 Å². The molecule has 0 aliphatic heterocycles. The minimum atomic E-state index is -0.643. The van der Waals surface area contributed by atoms with Crippen LogP contribution in [0.5, 0.6) is 0 Å². The number of aromatic nitrogens is 1. The molecule has 0 aliphatic carbocycles. The summed E-state index contributed by atoms with van der Waals surface area (Å²) < 4.78 is 5.12. The summed E-state index contributed by atoms with van der Waals surface area (Å²) in [7, 11) is 0. The summed E-state index contributed by atoms with van der Waals surface area (Å²) in [6.45, 7) is 1.90. The Kier molecular flexibility index (Phi) is 1.55. The number of aryl methyl sites for hydroxylation is 1. The Morgan fingerprint density at radius 3 is 2.92 bits per heavy atom. The number of hydrogen-bond donors (Lipinski definition) is 1. The number of carbonyl (C=O) groups excluding carboxylic acids is 1. The topological polar surface area (TPSA) is 69.1 Å². The molecule has 2 N–H and O–H groups in total. The van der Waals surface area contributed by atoms with Crippen LogP contribution in [0.4, 0.5) is 0 Å². The van der Waals surface area contributed by atoms with Gasteiger partial charge in [0.25, 0.3) is 5.89 Å². The normalized spacial score (nSPS) is 10.5. The molecule has 0 bridgehead atoms. The van der Waals surface area contributed by atoms with E-state index >= 15 is 0 Å². The molecule has 2 aromatic rings. The van der Waals surface area contributed by atoms with Gasteiger partial charge in [-0.25, -0.2) is 4.98 Å². The molecule has 0 spiro atoms. The fourth-order valence-corrected chi connectivity index (χ4v) is 1.19. The van der Waals surface area contributed by atoms with Crippen molar-refractivity contribution in [3.8, 4) is 0 Å². The molecule has 0 saturated heterocycles. The first-order valence-electron chi connectivity index (χ1n) is 3.84. The number of oxazole rings is 1. The molecule has 1 aromatic carbocycles. The van der Waals surface area contributed by atoms with Crippen LogP contribution in [0.3, 0.4) is 0 Å². The van der Waals surface area contributed by atoms with Crippen LogP contribution in [0, 0.1) is 6.92 Å². The summed E-state index contributed by atoms with van der Waals surface area (Å²) in [6.07, 6.45) is 0. The highest BCUT2D eigenvalue weighted by molar-refractivity contribution is 5.91. The Morgan fingerprint density at radius 2 is 2.31 bits per heavy atom. The van der Waals surface area contributed by atoms with E-state index in [4.69, 9.17) is 10.2 Å². The van der Waals surface area contributed by atoms with Crippen molar-refractivity contribution in [3.05, 3.63) is 29.7 Å². The molecule has 0 atom stereocenters. The highest BCUT2D eigenvalue weighted by Gasteiger charge is 2.11. The second-order valence-electron chi connectivity index (χ2n) is 2.80. The van der Waals surface area contributed by atoms with Gasteiger partial charge in [0.1, 0.15) is 5.52 Å². The molecule has 0 fully saturated rings. The smallest absolute Gasteiger partial charge is 0.304 e. The summed E-state index contributed by atoms with van der Waals surface area (Å²) in [5.74, 6) is -0.681. The molecule has 1 amide bonds. The van der Waals surface area contributed by atoms with Crippen LogP contribution in [0.2, 0.25) is 0 Å². The van der Waals surface area contributed by atoms with E-state index in [1.807, 2.05) is 19.1 Å². The zero-order valence-corrected chi connectivity index (χ0v) is 7.07. The molecule has 0 aliphatic rings. The number of nitrogens with two attached hydrogens (primary N) is 1. The zero-order valence-electron chi connectivity index (χ0n) is 7.07. The number of carbonyl (C=O) groups is 1. The first-order chi connectivity index (χ1) is 6.18. The van der Waals surface area contributed by atoms with Gasteiger partial charge in [-0.3, -0.25) is 4.79 Å². The number of para-hydroxylation sites is 1. The average molecular weight is 176 g/mol. The van der Waals surface area contributed by atoms with Gasteiger partial charge in [0.05, 0.1) is 0 Å². The Labute approximate surface area is 74.4 Å². The van der Waals surface area contributed by atoms with Crippen molar-refractivity contribution < 1.29 is 9.21 Å². The molecule has 0 saturated carbocycles. The first-order valence-corrected chi connectivity index (χ1v) is 3.84. The van der Waals surface area contributed by atoms with Gasteiger partial charge in [0, 0.05) is 0 Å². The number of nitrogens with zero attached hydrogens (tertiary/aromatic N) is 1. The zero-order chi connectivity index (χ0) is 9.42. The Bertz CT molecular complexity index is 473. The van der Waals surface area contributed by atoms with Crippen molar-refractivity contribution >= 4 is 17.0 Å². The van der Waals surface area contributed by atoms with E-state index in [2.05, 4.69) is 4.98 Å². The van der Waals surface area contributed by atoms with Crippen LogP contribution < -0.4 is 5.73 Å². The van der Waals surface area contributed by atoms with Gasteiger partial charge < -0.3 is 10.2 Å². The lowest BCUT2D eigenvalue weighted by atomic mass is 10.2. The third kappa shape index (κ3) is 1.16. The Hall–Kier alpha value is -1.84. The number of rotatable bonds is 1. The second kappa shape index (κ2) is 2.58. The maximum Gasteiger partial charge on any atom is 0.304 e. The van der Waals surface area contributed by atoms with Gasteiger partial charge in [-0.05, 0) is 18.6 Å². The number of primary amides is 1. The molecule has 13 heavy (non-hydrogen) atoms. The van der Waals surface area contributed by atoms with E-state index in [9.17, 15) is 4.79 Å². The van der Waals surface area contributed by atoms with E-state index in [0.29, 0.717) is 11.1 Å². The maximum absolute atomic E-state index is 10.7. The summed E-state index contributed by atoms with van der Waals surface area (Å²) >= 11 is 0. The first kappa shape index (κ1) is 7.79. The largest absolute Gasteiger partial charge is 0.432 e. The van der Waals surface area contributed by atoms with Gasteiger partial charge in [-0.1, -0.05) is 12.1 Å². The van der Waals surface area contributed by atoms with Gasteiger partial charge in [0.15, 0.2) is 5.58 Å². The van der Waals surface area contributed by atoms with Crippen LogP contribution in [0.1, 0.15) is 16.2 Å². The third-order valence-corrected chi connectivity index (χ3v) is 1.83. The van der Waals surface area contributed by atoms with Crippen LogP contribution in [0.25, 0.3) is 11.1 Å². The summed E-state index contributed by atoms with van der Waals surface area (Å²) in [6, 6.07) is 5.49. The van der Waals surface area contributed by atoms with Crippen molar-refractivity contribution in [2.24, 2.45) is 5.73 Å². The second-order valence-corrected chi connectivity index (χ2v) is 2.80. The predicted octanol–water partition coefficient (Wildman–Crippen LogP) is 1.24. The number of amides is 1. The number of hydrogen-bond acceptors (Lipinski definition) is 3. The van der Waals surface area contributed by atoms with Crippen molar-refractivity contribution in [3.63, 3.8) is 0 Å². The molecule has 4 heteroatoms. The highest BCUT2D eigenvalue weighted by atomic mass is 16.4. The van der Waals surface area contributed by atoms with Gasteiger partial charge in [0.2, 0.25) is 0 Å². The SMILES string of the molecule is Cc1cccc2oc(C(N)=O)nc12. The van der Waals surface area contributed by atoms with Crippen LogP contribution >= 0.6 is 0 Å². The van der Waals surface area contributed by atoms with Crippen molar-refractivity contribution in [1.29, 1.82) is 0 Å². The highest BCUT2D eigenvalue weighted by Crippen LogP contribution is 2.18. The molecule has 0 unspecified atom stereocenters. The predicted molar refractivity (Wildman–Crippen MR) is 47.3 cm³/mol. The Balaban J connectivity index is 2.75.